The van der Waals surface area contributed by atoms with Gasteiger partial charge < -0.3 is 9.80 Å². The van der Waals surface area contributed by atoms with Crippen LogP contribution in [0.15, 0.2) is 58.9 Å². The number of fused-ring (bicyclic) bond motifs is 1. The number of carbonyl (C=O) groups is 1. The number of benzene rings is 2. The number of amides is 1. The summed E-state index contributed by atoms with van der Waals surface area (Å²) in [4.78, 5) is 21.9. The van der Waals surface area contributed by atoms with E-state index in [0.717, 1.165) is 29.5 Å². The fourth-order valence-electron chi connectivity index (χ4n) is 3.30. The average Bonchev–Trinajstić information content (AvgIpc) is 3.10. The summed E-state index contributed by atoms with van der Waals surface area (Å²) in [7, 11) is 2.12. The average molecular weight is 384 g/mol. The van der Waals surface area contributed by atoms with Gasteiger partial charge in [0.15, 0.2) is 4.34 Å². The number of likely N-dealkylation sites (N-methyl/N-ethyl adjacent to an activating group) is 1. The van der Waals surface area contributed by atoms with Crippen molar-refractivity contribution in [1.29, 1.82) is 0 Å². The van der Waals surface area contributed by atoms with Gasteiger partial charge in [-0.05, 0) is 24.7 Å². The maximum atomic E-state index is 12.9. The molecule has 4 rings (SSSR count). The van der Waals surface area contributed by atoms with Crippen LogP contribution in [0.4, 0.5) is 0 Å². The van der Waals surface area contributed by atoms with Crippen LogP contribution >= 0.6 is 23.1 Å². The van der Waals surface area contributed by atoms with Gasteiger partial charge in [-0.2, -0.15) is 0 Å². The van der Waals surface area contributed by atoms with Crippen molar-refractivity contribution in [3.63, 3.8) is 0 Å². The number of hydrogen-bond acceptors (Lipinski definition) is 5. The number of carbonyl (C=O) groups excluding carboxylic acids is 1. The molecular formula is C20H21N3OS2. The Labute approximate surface area is 161 Å². The molecule has 0 spiro atoms. The lowest BCUT2D eigenvalue weighted by molar-refractivity contribution is -0.133. The van der Waals surface area contributed by atoms with Gasteiger partial charge in [0.1, 0.15) is 0 Å². The van der Waals surface area contributed by atoms with E-state index in [4.69, 9.17) is 0 Å². The number of aromatic nitrogens is 1. The Morgan fingerprint density at radius 3 is 2.73 bits per heavy atom. The Morgan fingerprint density at radius 1 is 1.15 bits per heavy atom. The van der Waals surface area contributed by atoms with E-state index >= 15 is 0 Å². The van der Waals surface area contributed by atoms with Crippen LogP contribution in [0.1, 0.15) is 11.6 Å². The summed E-state index contributed by atoms with van der Waals surface area (Å²) in [5.74, 6) is 0.628. The number of hydrogen-bond donors (Lipinski definition) is 0. The molecule has 1 aliphatic rings. The minimum atomic E-state index is 0.124. The number of para-hydroxylation sites is 1. The van der Waals surface area contributed by atoms with Gasteiger partial charge in [0, 0.05) is 19.6 Å². The number of rotatable bonds is 4. The van der Waals surface area contributed by atoms with Crippen LogP contribution in [-0.4, -0.2) is 53.1 Å². The third-order valence-electron chi connectivity index (χ3n) is 4.68. The van der Waals surface area contributed by atoms with E-state index in [-0.39, 0.29) is 11.9 Å². The quantitative estimate of drug-likeness (QED) is 0.640. The van der Waals surface area contributed by atoms with E-state index in [9.17, 15) is 4.79 Å². The zero-order valence-electron chi connectivity index (χ0n) is 14.7. The molecule has 0 radical (unpaired) electrons. The van der Waals surface area contributed by atoms with Crippen LogP contribution in [0.2, 0.25) is 0 Å². The van der Waals surface area contributed by atoms with E-state index in [1.165, 1.54) is 10.3 Å². The lowest BCUT2D eigenvalue weighted by atomic mass is 10.0. The third-order valence-corrected chi connectivity index (χ3v) is 6.85. The lowest BCUT2D eigenvalue weighted by Gasteiger charge is -2.40. The molecule has 1 atom stereocenters. The molecule has 134 valence electrons. The lowest BCUT2D eigenvalue weighted by Crippen LogP contribution is -2.49. The van der Waals surface area contributed by atoms with Gasteiger partial charge in [0.25, 0.3) is 0 Å². The molecule has 2 aromatic carbocycles. The van der Waals surface area contributed by atoms with Crippen LogP contribution in [0.5, 0.6) is 0 Å². The highest BCUT2D eigenvalue weighted by atomic mass is 32.2. The predicted molar refractivity (Wildman–Crippen MR) is 109 cm³/mol. The summed E-state index contributed by atoms with van der Waals surface area (Å²) in [6.07, 6.45) is 0. The SMILES string of the molecule is CN1CCN(C(=O)CSc2nc3ccccc3s2)C(c2ccccc2)C1. The van der Waals surface area contributed by atoms with Crippen molar-refractivity contribution in [2.75, 3.05) is 32.4 Å². The minimum Gasteiger partial charge on any atom is -0.332 e. The van der Waals surface area contributed by atoms with Gasteiger partial charge in [0.2, 0.25) is 5.91 Å². The first-order valence-corrected chi connectivity index (χ1v) is 10.5. The van der Waals surface area contributed by atoms with E-state index in [1.807, 2.05) is 41.3 Å². The summed E-state index contributed by atoms with van der Waals surface area (Å²) in [5, 5.41) is 0. The van der Waals surface area contributed by atoms with E-state index in [2.05, 4.69) is 35.1 Å². The first-order chi connectivity index (χ1) is 12.7. The fourth-order valence-corrected chi connectivity index (χ4v) is 5.25. The molecule has 4 nitrogen and oxygen atoms in total. The van der Waals surface area contributed by atoms with Crippen molar-refractivity contribution in [2.24, 2.45) is 0 Å². The van der Waals surface area contributed by atoms with E-state index in [1.54, 1.807) is 23.1 Å². The molecule has 0 bridgehead atoms. The molecule has 1 unspecified atom stereocenters. The molecule has 1 aliphatic heterocycles. The zero-order chi connectivity index (χ0) is 17.9. The smallest absolute Gasteiger partial charge is 0.233 e. The van der Waals surface area contributed by atoms with E-state index < -0.39 is 0 Å². The first kappa shape index (κ1) is 17.5. The molecule has 3 aromatic rings. The van der Waals surface area contributed by atoms with Crippen LogP contribution in [0, 0.1) is 0 Å². The zero-order valence-corrected chi connectivity index (χ0v) is 16.3. The maximum Gasteiger partial charge on any atom is 0.233 e. The van der Waals surface area contributed by atoms with Crippen molar-refractivity contribution < 1.29 is 4.79 Å². The molecule has 0 N–H and O–H groups in total. The molecule has 26 heavy (non-hydrogen) atoms. The Kier molecular flexibility index (Phi) is 5.24. The van der Waals surface area contributed by atoms with Crippen molar-refractivity contribution in [3.8, 4) is 0 Å². The Bertz CT molecular complexity index is 863. The van der Waals surface area contributed by atoms with Crippen LogP contribution in [0.25, 0.3) is 10.2 Å². The second-order valence-electron chi connectivity index (χ2n) is 6.51. The number of nitrogens with zero attached hydrogens (tertiary/aromatic N) is 3. The number of piperazine rings is 1. The minimum absolute atomic E-state index is 0.124. The van der Waals surface area contributed by atoms with Crippen molar-refractivity contribution in [1.82, 2.24) is 14.8 Å². The number of thioether (sulfide) groups is 1. The summed E-state index contributed by atoms with van der Waals surface area (Å²) >= 11 is 3.20. The van der Waals surface area contributed by atoms with Gasteiger partial charge in [-0.1, -0.05) is 54.2 Å². The molecule has 0 saturated carbocycles. The first-order valence-electron chi connectivity index (χ1n) is 8.72. The molecular weight excluding hydrogens is 362 g/mol. The highest BCUT2D eigenvalue weighted by Gasteiger charge is 2.30. The van der Waals surface area contributed by atoms with Crippen LogP contribution < -0.4 is 0 Å². The highest BCUT2D eigenvalue weighted by Crippen LogP contribution is 2.31. The van der Waals surface area contributed by atoms with Crippen LogP contribution in [-0.2, 0) is 4.79 Å². The van der Waals surface area contributed by atoms with Gasteiger partial charge >= 0.3 is 0 Å². The summed E-state index contributed by atoms with van der Waals surface area (Å²) in [5.41, 5.74) is 2.21. The monoisotopic (exact) mass is 383 g/mol. The Morgan fingerprint density at radius 2 is 1.92 bits per heavy atom. The second-order valence-corrected chi connectivity index (χ2v) is 8.77. The highest BCUT2D eigenvalue weighted by molar-refractivity contribution is 8.01. The van der Waals surface area contributed by atoms with Crippen molar-refractivity contribution in [2.45, 2.75) is 10.4 Å². The molecule has 1 saturated heterocycles. The fraction of sp³-hybridized carbons (Fsp3) is 0.300. The number of thiazole rings is 1. The maximum absolute atomic E-state index is 12.9. The topological polar surface area (TPSA) is 36.4 Å². The van der Waals surface area contributed by atoms with Gasteiger partial charge in [-0.25, -0.2) is 4.98 Å². The molecule has 6 heteroatoms. The molecule has 1 aromatic heterocycles. The summed E-state index contributed by atoms with van der Waals surface area (Å²) < 4.78 is 2.13. The van der Waals surface area contributed by atoms with Crippen molar-refractivity contribution >= 4 is 39.2 Å². The van der Waals surface area contributed by atoms with E-state index in [0.29, 0.717) is 5.75 Å². The molecule has 2 heterocycles. The van der Waals surface area contributed by atoms with Gasteiger partial charge in [0.05, 0.1) is 22.0 Å². The largest absolute Gasteiger partial charge is 0.332 e. The van der Waals surface area contributed by atoms with Crippen LogP contribution in [0.3, 0.4) is 0 Å². The normalized spacial score (nSPS) is 18.3. The molecule has 1 amide bonds. The van der Waals surface area contributed by atoms with Crippen molar-refractivity contribution in [3.05, 3.63) is 60.2 Å². The predicted octanol–water partition coefficient (Wildman–Crippen LogP) is 3.90. The standard InChI is InChI=1S/C20H21N3OS2/c1-22-11-12-23(17(13-22)15-7-3-2-4-8-15)19(24)14-25-20-21-16-9-5-6-10-18(16)26-20/h2-10,17H,11-14H2,1H3. The Balaban J connectivity index is 1.46. The Hall–Kier alpha value is -1.89. The van der Waals surface area contributed by atoms with Gasteiger partial charge in [-0.3, -0.25) is 4.79 Å². The van der Waals surface area contributed by atoms with Gasteiger partial charge in [-0.15, -0.1) is 11.3 Å². The summed E-state index contributed by atoms with van der Waals surface area (Å²) in [6, 6.07) is 18.6. The summed E-state index contributed by atoms with van der Waals surface area (Å²) in [6.45, 7) is 2.57. The molecule has 0 aliphatic carbocycles. The second kappa shape index (κ2) is 7.78. The molecule has 1 fully saturated rings. The third kappa shape index (κ3) is 3.77.